The highest BCUT2D eigenvalue weighted by Gasteiger charge is 2.46. The van der Waals surface area contributed by atoms with Crippen molar-refractivity contribution in [1.82, 2.24) is 31.1 Å². The van der Waals surface area contributed by atoms with Crippen molar-refractivity contribution < 1.29 is 62.3 Å². The molecule has 81 heavy (non-hydrogen) atoms. The first-order valence-electron chi connectivity index (χ1n) is 26.7. The molecule has 0 bridgehead atoms. The number of hydrogen-bond acceptors (Lipinski definition) is 12. The van der Waals surface area contributed by atoms with E-state index in [0.717, 1.165) is 28.9 Å². The smallest absolute Gasteiger partial charge is 0.370 e. The largest absolute Gasteiger partial charge is 0.396 e. The van der Waals surface area contributed by atoms with Gasteiger partial charge in [-0.2, -0.15) is 0 Å². The molecular formula is C58H57N8O13PS. The fourth-order valence-electron chi connectivity index (χ4n) is 11.4. The van der Waals surface area contributed by atoms with Gasteiger partial charge >= 0.3 is 7.60 Å². The maximum Gasteiger partial charge on any atom is 0.396 e. The number of benzene rings is 4. The second-order valence-corrected chi connectivity index (χ2v) is 23.5. The molecule has 0 saturated carbocycles. The Hall–Kier alpha value is -8.35. The van der Waals surface area contributed by atoms with Crippen LogP contribution in [-0.2, 0) is 57.5 Å². The van der Waals surface area contributed by atoms with Gasteiger partial charge < -0.3 is 41.3 Å². The summed E-state index contributed by atoms with van der Waals surface area (Å²) in [5.41, 5.74) is 8.37. The fraction of sp³-hybridized carbons (Fsp3) is 0.345. The highest BCUT2D eigenvalue weighted by atomic mass is 32.1. The molecule has 418 valence electrons. The Kier molecular flexibility index (Phi) is 16.2. The Morgan fingerprint density at radius 1 is 0.852 bits per heavy atom. The van der Waals surface area contributed by atoms with E-state index < -0.39 is 78.8 Å². The summed E-state index contributed by atoms with van der Waals surface area (Å²) >= 11 is 1.05. The number of para-hydroxylation sites is 1. The van der Waals surface area contributed by atoms with Gasteiger partial charge in [0.25, 0.3) is 17.3 Å². The molecule has 5 atom stereocenters. The summed E-state index contributed by atoms with van der Waals surface area (Å²) in [5, 5.41) is 11.2. The first-order chi connectivity index (χ1) is 38.8. The summed E-state index contributed by atoms with van der Waals surface area (Å²) in [5.74, 6) is 1.81. The lowest BCUT2D eigenvalue weighted by molar-refractivity contribution is -0.139. The molecule has 1 aromatic heterocycles. The van der Waals surface area contributed by atoms with Gasteiger partial charge in [0, 0.05) is 66.7 Å². The summed E-state index contributed by atoms with van der Waals surface area (Å²) in [7, 11) is -5.07. The SMILES string of the molecule is NC(=O)CC[C@H](NC(=O)[C@@H]1Cc2cccc3c2N1C(=O)[C@@H](NC(=O)c1cc2cc(C(=O)P(=O)(O)O)ccc2s1)CC3)C(=O)N[C@H](C(=O)N1CCC(CCC#Cc2cccc3c2CN(C2CCC(=O)NC2=O)C3=O)CC1)c1ccccc1. The van der Waals surface area contributed by atoms with Crippen LogP contribution in [0.4, 0.5) is 5.69 Å². The van der Waals surface area contributed by atoms with E-state index in [1.54, 1.807) is 53.4 Å². The predicted octanol–water partition coefficient (Wildman–Crippen LogP) is 3.66. The van der Waals surface area contributed by atoms with Crippen LogP contribution in [0.5, 0.6) is 0 Å². The number of rotatable bonds is 16. The number of thiophene rings is 1. The molecule has 10 rings (SSSR count). The van der Waals surface area contributed by atoms with Gasteiger partial charge in [-0.1, -0.05) is 66.4 Å². The average Bonchev–Trinajstić information content (AvgIpc) is 4.15. The van der Waals surface area contributed by atoms with Crippen LogP contribution in [0.3, 0.4) is 0 Å². The molecule has 1 unspecified atom stereocenters. The zero-order chi connectivity index (χ0) is 57.3. The monoisotopic (exact) mass is 1140 g/mol. The molecule has 2 fully saturated rings. The molecule has 23 heteroatoms. The molecule has 8 N–H and O–H groups in total. The standard InChI is InChI=1S/C58H57N8O13PS/c59-47(67)22-19-41(60-53(71)44-29-36-14-6-13-35-16-18-42(56(74)66(44)50(35)36)61-54(72)46-30-38-28-37(17-21-45(38)81-46)58(76)80(77,78)79)51(69)63-49(34-10-2-1-3-11-34)57(75)64-26-24-32(25-27-64)8-4-5-9-33-12-7-15-39-40(33)31-65(55(39)73)43-20-23-48(68)62-52(43)70/h1-3,6-7,10-15,17,21,28,30,32,41-44,49H,4,8,16,18-20,22-27,29,31H2,(H2,59,67)(H,60,71)(H,61,72)(H,63,69)(H,62,68,70)(H2,77,78,79)/t41-,42-,43?,44-,49-/m0/s1. The van der Waals surface area contributed by atoms with E-state index in [4.69, 9.17) is 5.73 Å². The lowest BCUT2D eigenvalue weighted by Crippen LogP contribution is -2.58. The minimum Gasteiger partial charge on any atom is -0.370 e. The van der Waals surface area contributed by atoms with Crippen molar-refractivity contribution in [3.05, 3.63) is 135 Å². The van der Waals surface area contributed by atoms with E-state index in [2.05, 4.69) is 33.1 Å². The summed E-state index contributed by atoms with van der Waals surface area (Å²) in [6, 6.07) is 19.3. The van der Waals surface area contributed by atoms with Gasteiger partial charge in [-0.3, -0.25) is 62.7 Å². The van der Waals surface area contributed by atoms with Gasteiger partial charge in [-0.15, -0.1) is 11.3 Å². The molecule has 5 aliphatic rings. The van der Waals surface area contributed by atoms with Crippen molar-refractivity contribution in [3.8, 4) is 11.8 Å². The van der Waals surface area contributed by atoms with Crippen molar-refractivity contribution >= 4 is 93.4 Å². The normalized spacial score (nSPS) is 19.6. The third kappa shape index (κ3) is 11.9. The van der Waals surface area contributed by atoms with Crippen LogP contribution in [0, 0.1) is 17.8 Å². The molecule has 0 radical (unpaired) electrons. The number of imide groups is 1. The van der Waals surface area contributed by atoms with Crippen LogP contribution >= 0.6 is 18.9 Å². The van der Waals surface area contributed by atoms with Crippen LogP contribution in [0.1, 0.15) is 122 Å². The van der Waals surface area contributed by atoms with Crippen molar-refractivity contribution in [1.29, 1.82) is 0 Å². The van der Waals surface area contributed by atoms with Crippen molar-refractivity contribution in [2.75, 3.05) is 18.0 Å². The topological polar surface area (TPSA) is 312 Å². The Balaban J connectivity index is 0.786. The van der Waals surface area contributed by atoms with Crippen LogP contribution in [0.25, 0.3) is 10.1 Å². The van der Waals surface area contributed by atoms with Crippen LogP contribution in [-0.4, -0.2) is 116 Å². The number of fused-ring (bicyclic) bond motifs is 2. The minimum absolute atomic E-state index is 0.0647. The number of amides is 9. The fourth-order valence-corrected chi connectivity index (χ4v) is 12.8. The number of nitrogens with two attached hydrogens (primary N) is 1. The van der Waals surface area contributed by atoms with E-state index in [0.29, 0.717) is 76.8 Å². The van der Waals surface area contributed by atoms with E-state index >= 15 is 0 Å². The summed E-state index contributed by atoms with van der Waals surface area (Å²) in [4.78, 5) is 158. The molecule has 9 amide bonds. The highest BCUT2D eigenvalue weighted by molar-refractivity contribution is 7.70. The predicted molar refractivity (Wildman–Crippen MR) is 295 cm³/mol. The first kappa shape index (κ1) is 55.9. The van der Waals surface area contributed by atoms with E-state index in [1.165, 1.54) is 34.1 Å². The maximum atomic E-state index is 14.7. The number of carbonyl (C=O) groups is 10. The van der Waals surface area contributed by atoms with Crippen LogP contribution in [0.2, 0.25) is 0 Å². The molecule has 0 spiro atoms. The third-order valence-corrected chi connectivity index (χ3v) is 17.6. The number of carbonyl (C=O) groups excluding carboxylic acids is 10. The summed E-state index contributed by atoms with van der Waals surface area (Å²) in [6.07, 6.45) is 3.11. The number of hydrogen-bond donors (Lipinski definition) is 7. The Morgan fingerprint density at radius 3 is 2.35 bits per heavy atom. The Labute approximate surface area is 468 Å². The Bertz CT molecular complexity index is 3560. The van der Waals surface area contributed by atoms with Gasteiger partial charge in [0.1, 0.15) is 30.2 Å². The van der Waals surface area contributed by atoms with Gasteiger partial charge in [0.2, 0.25) is 41.4 Å². The second kappa shape index (κ2) is 23.4. The van der Waals surface area contributed by atoms with Crippen LogP contribution < -0.4 is 31.9 Å². The van der Waals surface area contributed by atoms with Crippen LogP contribution in [0.15, 0.2) is 91.0 Å². The zero-order valence-electron chi connectivity index (χ0n) is 43.7. The lowest BCUT2D eigenvalue weighted by atomic mass is 9.91. The number of likely N-dealkylation sites (tertiary alicyclic amines) is 1. The van der Waals surface area contributed by atoms with Gasteiger partial charge in [-0.25, -0.2) is 0 Å². The van der Waals surface area contributed by atoms with Crippen molar-refractivity contribution in [2.45, 2.75) is 107 Å². The van der Waals surface area contributed by atoms with E-state index in [9.17, 15) is 62.3 Å². The molecule has 2 saturated heterocycles. The second-order valence-electron chi connectivity index (χ2n) is 20.9. The molecule has 4 aromatic carbocycles. The molecule has 6 heterocycles. The lowest BCUT2D eigenvalue weighted by Gasteiger charge is -2.35. The molecule has 0 aliphatic carbocycles. The van der Waals surface area contributed by atoms with Crippen molar-refractivity contribution in [2.24, 2.45) is 11.7 Å². The number of nitrogens with one attached hydrogen (secondary N) is 4. The summed E-state index contributed by atoms with van der Waals surface area (Å²) in [6.45, 7) is 1.01. The zero-order valence-corrected chi connectivity index (χ0v) is 45.4. The number of primary amides is 1. The number of nitrogens with zero attached hydrogens (tertiary/aromatic N) is 3. The molecule has 21 nitrogen and oxygen atoms in total. The quantitative estimate of drug-likeness (QED) is 0.0422. The molecular weight excluding hydrogens is 1080 g/mol. The van der Waals surface area contributed by atoms with Gasteiger partial charge in [-0.05, 0) is 115 Å². The van der Waals surface area contributed by atoms with Gasteiger partial charge in [0.15, 0.2) is 0 Å². The summed E-state index contributed by atoms with van der Waals surface area (Å²) < 4.78 is 12.2. The van der Waals surface area contributed by atoms with E-state index in [1.807, 2.05) is 18.2 Å². The van der Waals surface area contributed by atoms with Gasteiger partial charge in [0.05, 0.1) is 10.6 Å². The molecule has 5 aromatic rings. The minimum atomic E-state index is -5.07. The van der Waals surface area contributed by atoms with Crippen molar-refractivity contribution in [3.63, 3.8) is 0 Å². The van der Waals surface area contributed by atoms with E-state index in [-0.39, 0.29) is 79.1 Å². The third-order valence-electron chi connectivity index (χ3n) is 15.7. The number of aryl methyl sites for hydroxylation is 1. The molecule has 5 aliphatic heterocycles. The first-order valence-corrected chi connectivity index (χ1v) is 29.1. The number of piperidine rings is 2. The maximum absolute atomic E-state index is 14.7. The highest BCUT2D eigenvalue weighted by Crippen LogP contribution is 2.42. The number of anilines is 1. The Morgan fingerprint density at radius 2 is 1.60 bits per heavy atom. The average molecular weight is 1140 g/mol.